The molecule has 4 aromatic rings. The maximum Gasteiger partial charge on any atom is -0.0253 e. The predicted octanol–water partition coefficient (Wildman–Crippen LogP) is 5.12. The van der Waals surface area contributed by atoms with Crippen LogP contribution in [0.25, 0.3) is 21.9 Å². The van der Waals surface area contributed by atoms with Gasteiger partial charge >= 0.3 is 93.2 Å². The molecule has 0 N–H and O–H groups in total. The fourth-order valence-electron chi connectivity index (χ4n) is 6.65. The third-order valence-electron chi connectivity index (χ3n) is 9.76. The molecule has 3 aliphatic rings. The van der Waals surface area contributed by atoms with Crippen molar-refractivity contribution < 1.29 is 49.0 Å². The zero-order valence-corrected chi connectivity index (χ0v) is 32.0. The van der Waals surface area contributed by atoms with Gasteiger partial charge in [0.25, 0.3) is 0 Å². The minimum absolute atomic E-state index is 0. The molecule has 234 valence electrons. The van der Waals surface area contributed by atoms with Gasteiger partial charge in [-0.05, 0) is 37.0 Å². The molecule has 0 heterocycles. The molecule has 1 fully saturated rings. The molecule has 0 spiro atoms. The summed E-state index contributed by atoms with van der Waals surface area (Å²) >= 11 is 1.50. The second kappa shape index (κ2) is 16.2. The molecule has 3 heteroatoms. The van der Waals surface area contributed by atoms with Crippen molar-refractivity contribution in [3.8, 4) is 11.1 Å². The summed E-state index contributed by atoms with van der Waals surface area (Å²) in [5.41, 5.74) is 14.5. The monoisotopic (exact) mass is 710 g/mol. The first-order valence-corrected chi connectivity index (χ1v) is 17.3. The van der Waals surface area contributed by atoms with Crippen LogP contribution in [0.2, 0.25) is 0 Å². The molecule has 0 bridgehead atoms. The number of hydrogen-bond donors (Lipinski definition) is 0. The Balaban J connectivity index is 0.000000183. The van der Waals surface area contributed by atoms with E-state index in [1.165, 1.54) is 120 Å². The van der Waals surface area contributed by atoms with Crippen molar-refractivity contribution in [3.63, 3.8) is 0 Å². The summed E-state index contributed by atoms with van der Waals surface area (Å²) in [5, 5.41) is 2.66. The molecule has 0 aliphatic heterocycles. The van der Waals surface area contributed by atoms with E-state index in [1.807, 2.05) is 0 Å². The van der Waals surface area contributed by atoms with Gasteiger partial charge in [-0.3, -0.25) is 6.08 Å². The Bertz CT molecular complexity index is 1660. The normalized spacial score (nSPS) is 16.9. The topological polar surface area (TPSA) is 0 Å². The summed E-state index contributed by atoms with van der Waals surface area (Å²) in [7, 11) is 0. The van der Waals surface area contributed by atoms with Crippen molar-refractivity contribution in [2.24, 2.45) is 11.3 Å². The Hall–Kier alpha value is -2.05. The molecule has 3 aliphatic carbocycles. The quantitative estimate of drug-likeness (QED) is 0.223. The van der Waals surface area contributed by atoms with E-state index in [0.29, 0.717) is 11.3 Å². The van der Waals surface area contributed by atoms with Gasteiger partial charge in [0, 0.05) is 0 Å². The van der Waals surface area contributed by atoms with Crippen LogP contribution in [-0.2, 0) is 30.7 Å². The predicted molar refractivity (Wildman–Crippen MR) is 182 cm³/mol. The fourth-order valence-corrected chi connectivity index (χ4v) is 7.04. The van der Waals surface area contributed by atoms with E-state index in [2.05, 4.69) is 133 Å². The van der Waals surface area contributed by atoms with Gasteiger partial charge in [-0.25, -0.2) is 6.08 Å². The zero-order valence-electron chi connectivity index (χ0n) is 28.0. The zero-order chi connectivity index (χ0) is 30.7. The van der Waals surface area contributed by atoms with Crippen LogP contribution in [0.1, 0.15) is 91.8 Å². The van der Waals surface area contributed by atoms with Crippen LogP contribution in [0.5, 0.6) is 0 Å². The Morgan fingerprint density at radius 2 is 1.44 bits per heavy atom. The molecule has 1 atom stereocenters. The average Bonchev–Trinajstić information content (AvgIpc) is 3.58. The SMILES string of the molecule is CC1[C-]=CC(C2(C)CCCCC2)=C1.C[C](=[Zr+2])c1ccc2ccccc2c1.Cc1[c-]c2c(cc1C)-c1cc(C)c(C)cc1C2.[Cl-].[Cl-]. The van der Waals surface area contributed by atoms with Crippen LogP contribution in [-0.4, -0.2) is 3.21 Å². The van der Waals surface area contributed by atoms with Crippen LogP contribution in [0.3, 0.4) is 0 Å². The Morgan fingerprint density at radius 1 is 0.800 bits per heavy atom. The van der Waals surface area contributed by atoms with Crippen molar-refractivity contribution in [2.75, 3.05) is 0 Å². The van der Waals surface area contributed by atoms with Gasteiger partial charge in [0.2, 0.25) is 0 Å². The number of fused-ring (bicyclic) bond motifs is 4. The van der Waals surface area contributed by atoms with E-state index in [0.717, 1.165) is 6.42 Å². The van der Waals surface area contributed by atoms with Crippen molar-refractivity contribution in [3.05, 3.63) is 129 Å². The summed E-state index contributed by atoms with van der Waals surface area (Å²) in [6.07, 6.45) is 16.1. The first kappa shape index (κ1) is 37.4. The summed E-state index contributed by atoms with van der Waals surface area (Å²) < 4.78 is 1.46. The summed E-state index contributed by atoms with van der Waals surface area (Å²) in [6.45, 7) is 15.5. The molecule has 1 unspecified atom stereocenters. The number of hydrogen-bond acceptors (Lipinski definition) is 0. The van der Waals surface area contributed by atoms with Crippen molar-refractivity contribution in [1.29, 1.82) is 0 Å². The molecule has 0 amide bonds. The van der Waals surface area contributed by atoms with E-state index >= 15 is 0 Å². The summed E-state index contributed by atoms with van der Waals surface area (Å²) in [4.78, 5) is 0. The van der Waals surface area contributed by atoms with Crippen molar-refractivity contribution in [2.45, 2.75) is 87.0 Å². The molecular formula is C42H46Cl2Zr-2. The van der Waals surface area contributed by atoms with Gasteiger partial charge in [-0.15, -0.1) is 11.1 Å². The van der Waals surface area contributed by atoms with Crippen LogP contribution in [0, 0.1) is 51.2 Å². The van der Waals surface area contributed by atoms with Gasteiger partial charge in [-0.2, -0.15) is 34.9 Å². The summed E-state index contributed by atoms with van der Waals surface area (Å²) in [6, 6.07) is 25.7. The Kier molecular flexibility index (Phi) is 13.4. The van der Waals surface area contributed by atoms with E-state index in [9.17, 15) is 0 Å². The molecule has 0 nitrogen and oxygen atoms in total. The first-order valence-electron chi connectivity index (χ1n) is 16.0. The van der Waals surface area contributed by atoms with Gasteiger partial charge in [-0.1, -0.05) is 88.8 Å². The molecule has 0 aromatic heterocycles. The number of benzene rings is 4. The van der Waals surface area contributed by atoms with Crippen molar-refractivity contribution >= 4 is 14.0 Å². The fraction of sp³-hybridized carbons (Fsp3) is 0.357. The van der Waals surface area contributed by atoms with Crippen LogP contribution < -0.4 is 24.8 Å². The van der Waals surface area contributed by atoms with Crippen LogP contribution in [0.15, 0.2) is 78.4 Å². The van der Waals surface area contributed by atoms with Crippen LogP contribution in [0.4, 0.5) is 0 Å². The van der Waals surface area contributed by atoms with Gasteiger partial charge in [0.05, 0.1) is 0 Å². The Morgan fingerprint density at radius 3 is 2.09 bits per heavy atom. The first-order chi connectivity index (χ1) is 20.5. The molecular weight excluding hydrogens is 667 g/mol. The third kappa shape index (κ3) is 8.86. The second-order valence-corrected chi connectivity index (χ2v) is 15.1. The van der Waals surface area contributed by atoms with Crippen LogP contribution >= 0.6 is 0 Å². The van der Waals surface area contributed by atoms with E-state index in [-0.39, 0.29) is 24.8 Å². The number of allylic oxidation sites excluding steroid dienone is 4. The molecule has 0 saturated heterocycles. The summed E-state index contributed by atoms with van der Waals surface area (Å²) in [5.74, 6) is 0.550. The molecule has 1 saturated carbocycles. The molecule has 0 radical (unpaired) electrons. The minimum atomic E-state index is 0. The maximum atomic E-state index is 3.54. The third-order valence-corrected chi connectivity index (χ3v) is 10.5. The van der Waals surface area contributed by atoms with E-state index in [1.54, 1.807) is 5.57 Å². The Labute approximate surface area is 300 Å². The molecule has 45 heavy (non-hydrogen) atoms. The smallest absolute Gasteiger partial charge is 0.0253 e. The number of aryl methyl sites for hydroxylation is 4. The average molecular weight is 713 g/mol. The largest absolute Gasteiger partial charge is 1.00 e. The standard InChI is InChI=1S/C17H17.C13H19.C12H10.2ClH.Zr/c1-10-5-14-9-15-6-11(2)13(4)8-17(15)16(14)7-12(10)3;1-11-6-7-12(10-11)13(2)8-4-3-5-9-13;1-2-10-7-8-11-5-3-4-6-12(11)9-10;;;/h5,7-8H,9H2,1-4H3;7,10-11H,3-5,8-9H2,1-2H3;3-9H,1H3;2*1H;/q2*-1;;;;+2/p-2. The minimum Gasteiger partial charge on any atom is -1.00 e. The molecule has 4 aromatic carbocycles. The number of rotatable bonds is 2. The molecule has 7 rings (SSSR count). The van der Waals surface area contributed by atoms with E-state index < -0.39 is 0 Å². The second-order valence-electron chi connectivity index (χ2n) is 13.3. The van der Waals surface area contributed by atoms with Gasteiger partial charge in [0.15, 0.2) is 0 Å². The van der Waals surface area contributed by atoms with E-state index in [4.69, 9.17) is 0 Å². The maximum absolute atomic E-state index is 3.54. The van der Waals surface area contributed by atoms with Gasteiger partial charge < -0.3 is 24.8 Å². The number of halogens is 2. The van der Waals surface area contributed by atoms with Crippen molar-refractivity contribution in [1.82, 2.24) is 0 Å². The van der Waals surface area contributed by atoms with Gasteiger partial charge in [0.1, 0.15) is 0 Å².